The maximum Gasteiger partial charge on any atom is 0.0307 e. The molecule has 76 valence electrons. The second-order valence-corrected chi connectivity index (χ2v) is 5.12. The summed E-state index contributed by atoms with van der Waals surface area (Å²) in [6.07, 6.45) is 3.83. The summed E-state index contributed by atoms with van der Waals surface area (Å²) in [5, 5.41) is 0.340. The molecule has 1 fully saturated rings. The molecule has 1 aromatic rings. The van der Waals surface area contributed by atoms with E-state index in [4.69, 9.17) is 11.6 Å². The Kier molecular flexibility index (Phi) is 3.12. The molecule has 0 nitrogen and oxygen atoms in total. The van der Waals surface area contributed by atoms with E-state index in [1.54, 1.807) is 0 Å². The summed E-state index contributed by atoms with van der Waals surface area (Å²) in [6.45, 7) is 2.08. The zero-order valence-electron chi connectivity index (χ0n) is 8.62. The second kappa shape index (κ2) is 4.35. The average Bonchev–Trinajstić information content (AvgIpc) is 2.95. The lowest BCUT2D eigenvalue weighted by Crippen LogP contribution is -1.92. The van der Waals surface area contributed by atoms with Gasteiger partial charge in [0.1, 0.15) is 0 Å². The van der Waals surface area contributed by atoms with E-state index in [1.165, 1.54) is 18.4 Å². The molecule has 0 bridgehead atoms. The largest absolute Gasteiger partial charge is 0.123 e. The average molecular weight is 209 g/mol. The Morgan fingerprint density at radius 3 is 2.71 bits per heavy atom. The van der Waals surface area contributed by atoms with Gasteiger partial charge < -0.3 is 0 Å². The van der Waals surface area contributed by atoms with Crippen LogP contribution in [-0.2, 0) is 0 Å². The van der Waals surface area contributed by atoms with Gasteiger partial charge in [-0.3, -0.25) is 0 Å². The summed E-state index contributed by atoms with van der Waals surface area (Å²) in [5.74, 6) is 1.73. The number of hydrogen-bond acceptors (Lipinski definition) is 0. The number of hydrogen-bond donors (Lipinski definition) is 0. The minimum Gasteiger partial charge on any atom is -0.123 e. The van der Waals surface area contributed by atoms with E-state index < -0.39 is 0 Å². The van der Waals surface area contributed by atoms with Gasteiger partial charge in [-0.1, -0.05) is 30.3 Å². The first-order valence-corrected chi connectivity index (χ1v) is 5.90. The van der Waals surface area contributed by atoms with Crippen molar-refractivity contribution in [2.75, 3.05) is 0 Å². The van der Waals surface area contributed by atoms with Crippen LogP contribution in [0, 0.1) is 5.92 Å². The first kappa shape index (κ1) is 10.0. The predicted octanol–water partition coefficient (Wildman–Crippen LogP) is 4.20. The third-order valence-electron chi connectivity index (χ3n) is 3.09. The Morgan fingerprint density at radius 1 is 1.36 bits per heavy atom. The summed E-state index contributed by atoms with van der Waals surface area (Å²) in [7, 11) is 0. The Labute approximate surface area is 91.3 Å². The van der Waals surface area contributed by atoms with Crippen LogP contribution in [0.4, 0.5) is 0 Å². The molecule has 0 saturated heterocycles. The van der Waals surface area contributed by atoms with Crippen molar-refractivity contribution in [2.45, 2.75) is 37.5 Å². The maximum absolute atomic E-state index is 5.94. The van der Waals surface area contributed by atoms with Gasteiger partial charge in [0, 0.05) is 5.38 Å². The fraction of sp³-hybridized carbons (Fsp3) is 0.538. The van der Waals surface area contributed by atoms with Gasteiger partial charge in [-0.15, -0.1) is 11.6 Å². The third-order valence-corrected chi connectivity index (χ3v) is 3.30. The smallest absolute Gasteiger partial charge is 0.0307 e. The maximum atomic E-state index is 5.94. The van der Waals surface area contributed by atoms with Gasteiger partial charge in [0.25, 0.3) is 0 Å². The minimum absolute atomic E-state index is 0.340. The van der Waals surface area contributed by atoms with Crippen molar-refractivity contribution in [1.29, 1.82) is 0 Å². The zero-order valence-corrected chi connectivity index (χ0v) is 9.37. The molecule has 14 heavy (non-hydrogen) atoms. The summed E-state index contributed by atoms with van der Waals surface area (Å²) in [4.78, 5) is 0. The van der Waals surface area contributed by atoms with Crippen LogP contribution in [0.1, 0.15) is 37.7 Å². The van der Waals surface area contributed by atoms with Crippen molar-refractivity contribution in [3.63, 3.8) is 0 Å². The van der Waals surface area contributed by atoms with E-state index in [0.717, 1.165) is 18.3 Å². The fourth-order valence-electron chi connectivity index (χ4n) is 2.12. The van der Waals surface area contributed by atoms with E-state index in [1.807, 2.05) is 0 Å². The molecule has 0 heterocycles. The van der Waals surface area contributed by atoms with E-state index in [-0.39, 0.29) is 0 Å². The molecule has 1 heteroatoms. The summed E-state index contributed by atoms with van der Waals surface area (Å²) >= 11 is 5.94. The summed E-state index contributed by atoms with van der Waals surface area (Å²) in [6, 6.07) is 10.8. The van der Waals surface area contributed by atoms with Crippen molar-refractivity contribution in [3.8, 4) is 0 Å². The second-order valence-electron chi connectivity index (χ2n) is 4.37. The number of halogens is 1. The monoisotopic (exact) mass is 208 g/mol. The van der Waals surface area contributed by atoms with E-state index in [2.05, 4.69) is 37.3 Å². The van der Waals surface area contributed by atoms with Crippen LogP contribution in [-0.4, -0.2) is 5.38 Å². The van der Waals surface area contributed by atoms with Crippen LogP contribution in [0.3, 0.4) is 0 Å². The highest BCUT2D eigenvalue weighted by molar-refractivity contribution is 6.20. The van der Waals surface area contributed by atoms with Crippen molar-refractivity contribution in [1.82, 2.24) is 0 Å². The molecule has 3 atom stereocenters. The highest BCUT2D eigenvalue weighted by Gasteiger charge is 2.37. The number of rotatable bonds is 4. The minimum atomic E-state index is 0.340. The summed E-state index contributed by atoms with van der Waals surface area (Å²) in [5.41, 5.74) is 1.51. The Bertz CT molecular complexity index is 279. The van der Waals surface area contributed by atoms with Gasteiger partial charge in [0.2, 0.25) is 0 Å². The van der Waals surface area contributed by atoms with E-state index in [9.17, 15) is 0 Å². The van der Waals surface area contributed by atoms with Gasteiger partial charge in [0.05, 0.1) is 0 Å². The van der Waals surface area contributed by atoms with Crippen LogP contribution in [0.2, 0.25) is 0 Å². The van der Waals surface area contributed by atoms with Gasteiger partial charge in [-0.25, -0.2) is 0 Å². The Hall–Kier alpha value is -0.490. The van der Waals surface area contributed by atoms with Gasteiger partial charge in [-0.05, 0) is 43.6 Å². The zero-order chi connectivity index (χ0) is 9.97. The molecule has 0 spiro atoms. The highest BCUT2D eigenvalue weighted by atomic mass is 35.5. The third kappa shape index (κ3) is 2.51. The Morgan fingerprint density at radius 2 is 2.07 bits per heavy atom. The van der Waals surface area contributed by atoms with Crippen LogP contribution < -0.4 is 0 Å². The number of benzene rings is 1. The molecular formula is C13H17Cl. The lowest BCUT2D eigenvalue weighted by Gasteiger charge is -2.02. The van der Waals surface area contributed by atoms with Crippen molar-refractivity contribution in [2.24, 2.45) is 5.92 Å². The normalized spacial score (nSPS) is 27.3. The quantitative estimate of drug-likeness (QED) is 0.651. The van der Waals surface area contributed by atoms with Crippen LogP contribution in [0.5, 0.6) is 0 Å². The van der Waals surface area contributed by atoms with Crippen LogP contribution in [0.15, 0.2) is 30.3 Å². The predicted molar refractivity (Wildman–Crippen MR) is 61.8 cm³/mol. The van der Waals surface area contributed by atoms with Gasteiger partial charge in [-0.2, -0.15) is 0 Å². The van der Waals surface area contributed by atoms with Gasteiger partial charge >= 0.3 is 0 Å². The molecule has 1 saturated carbocycles. The van der Waals surface area contributed by atoms with Gasteiger partial charge in [0.15, 0.2) is 0 Å². The first-order valence-electron chi connectivity index (χ1n) is 5.46. The lowest BCUT2D eigenvalue weighted by atomic mass is 10.1. The molecule has 0 aliphatic heterocycles. The molecule has 0 radical (unpaired) electrons. The summed E-state index contributed by atoms with van der Waals surface area (Å²) < 4.78 is 0. The van der Waals surface area contributed by atoms with Crippen LogP contribution in [0.25, 0.3) is 0 Å². The molecule has 2 rings (SSSR count). The molecule has 1 aliphatic carbocycles. The van der Waals surface area contributed by atoms with E-state index >= 15 is 0 Å². The van der Waals surface area contributed by atoms with Crippen molar-refractivity contribution < 1.29 is 0 Å². The standard InChI is InChI=1S/C13H17Cl/c1-10(14)7-8-12-9-13(12)11-5-3-2-4-6-11/h2-6,10,12-13H,7-9H2,1H3. The number of alkyl halides is 1. The Balaban J connectivity index is 1.82. The molecule has 1 aromatic carbocycles. The highest BCUT2D eigenvalue weighted by Crippen LogP contribution is 2.50. The molecule has 0 aromatic heterocycles. The van der Waals surface area contributed by atoms with Crippen molar-refractivity contribution >= 4 is 11.6 Å². The van der Waals surface area contributed by atoms with E-state index in [0.29, 0.717) is 5.38 Å². The molecule has 0 amide bonds. The lowest BCUT2D eigenvalue weighted by molar-refractivity contribution is 0.644. The first-order chi connectivity index (χ1) is 6.77. The molecule has 1 aliphatic rings. The molecule has 3 unspecified atom stereocenters. The fourth-order valence-corrected chi connectivity index (χ4v) is 2.24. The van der Waals surface area contributed by atoms with Crippen molar-refractivity contribution in [3.05, 3.63) is 35.9 Å². The molecular weight excluding hydrogens is 192 g/mol. The molecule has 0 N–H and O–H groups in total. The van der Waals surface area contributed by atoms with Crippen LogP contribution >= 0.6 is 11.6 Å². The SMILES string of the molecule is CC(Cl)CCC1CC1c1ccccc1. The topological polar surface area (TPSA) is 0 Å².